The van der Waals surface area contributed by atoms with Crippen LogP contribution in [0.4, 0.5) is 0 Å². The highest BCUT2D eigenvalue weighted by Crippen LogP contribution is 2.40. The van der Waals surface area contributed by atoms with Crippen molar-refractivity contribution in [1.29, 1.82) is 0 Å². The lowest BCUT2D eigenvalue weighted by Crippen LogP contribution is -2.64. The zero-order chi connectivity index (χ0) is 23.9. The Hall–Kier alpha value is 0.0406. The third kappa shape index (κ3) is 7.59. The molecule has 0 spiro atoms. The van der Waals surface area contributed by atoms with Gasteiger partial charge >= 0.3 is 5.97 Å². The average Bonchev–Trinajstić information content (AvgIpc) is 2.39. The molecule has 29 heavy (non-hydrogen) atoms. The highest BCUT2D eigenvalue weighted by Gasteiger charge is 2.47. The lowest BCUT2D eigenvalue weighted by Gasteiger charge is -2.45. The van der Waals surface area contributed by atoms with Crippen molar-refractivity contribution in [3.8, 4) is 0 Å². The van der Waals surface area contributed by atoms with Gasteiger partial charge in [0.2, 0.25) is 0 Å². The number of carbonyl (C=O) groups excluding carboxylic acids is 1. The van der Waals surface area contributed by atoms with Gasteiger partial charge in [-0.1, -0.05) is 75.4 Å². The molecule has 174 valence electrons. The van der Waals surface area contributed by atoms with Crippen LogP contribution in [-0.2, 0) is 13.6 Å². The van der Waals surface area contributed by atoms with Gasteiger partial charge in [0.15, 0.2) is 8.32 Å². The molecule has 0 rings (SSSR count). The monoisotopic (exact) mass is 461 g/mol. The van der Waals surface area contributed by atoms with E-state index in [1.54, 1.807) is 0 Å². The van der Waals surface area contributed by atoms with Crippen LogP contribution in [0.3, 0.4) is 0 Å². The van der Waals surface area contributed by atoms with E-state index in [1.807, 2.05) is 6.92 Å². The Kier molecular flexibility index (Phi) is 8.90. The first kappa shape index (κ1) is 29.0. The SMILES string of the molecule is CC(O[Si](C)(C)C(C)(C)C)[C@H](N[Si](C)(C)C(C)(C)C)C(=O)O[Si](C)(C)C(C)(C)C. The van der Waals surface area contributed by atoms with Crippen molar-refractivity contribution in [2.24, 2.45) is 0 Å². The minimum atomic E-state index is -2.21. The zero-order valence-corrected chi connectivity index (χ0v) is 25.4. The third-order valence-electron chi connectivity index (χ3n) is 7.56. The minimum absolute atomic E-state index is 0.0201. The van der Waals surface area contributed by atoms with Crippen LogP contribution in [0.2, 0.25) is 54.4 Å². The average molecular weight is 462 g/mol. The normalized spacial score (nSPS) is 17.1. The molecule has 7 heteroatoms. The van der Waals surface area contributed by atoms with E-state index >= 15 is 0 Å². The van der Waals surface area contributed by atoms with Crippen LogP contribution in [0.25, 0.3) is 0 Å². The second-order valence-electron chi connectivity index (χ2n) is 13.3. The first-order chi connectivity index (χ1) is 12.4. The lowest BCUT2D eigenvalue weighted by atomic mass is 10.2. The van der Waals surface area contributed by atoms with Crippen molar-refractivity contribution >= 4 is 30.8 Å². The summed E-state index contributed by atoms with van der Waals surface area (Å²) in [5.41, 5.74) is 0. The van der Waals surface area contributed by atoms with Crippen LogP contribution in [0.15, 0.2) is 0 Å². The van der Waals surface area contributed by atoms with E-state index in [0.29, 0.717) is 0 Å². The van der Waals surface area contributed by atoms with E-state index in [9.17, 15) is 4.79 Å². The van der Waals surface area contributed by atoms with E-state index in [2.05, 4.69) is 107 Å². The molecule has 1 unspecified atom stereocenters. The van der Waals surface area contributed by atoms with Gasteiger partial charge in [-0.2, -0.15) is 0 Å². The molecule has 0 radical (unpaired) electrons. The Balaban J connectivity index is 5.94. The van der Waals surface area contributed by atoms with Gasteiger partial charge in [0.05, 0.1) is 6.10 Å². The maximum atomic E-state index is 13.5. The van der Waals surface area contributed by atoms with E-state index < -0.39 is 30.9 Å². The fourth-order valence-corrected chi connectivity index (χ4v) is 6.07. The van der Waals surface area contributed by atoms with Gasteiger partial charge < -0.3 is 13.8 Å². The summed E-state index contributed by atoms with van der Waals surface area (Å²) in [6, 6.07) is -0.445. The molecule has 0 aliphatic rings. The second-order valence-corrected chi connectivity index (χ2v) is 27.8. The molecular formula is C22H51NO3Si3. The van der Waals surface area contributed by atoms with Gasteiger partial charge in [0.1, 0.15) is 14.3 Å². The molecule has 0 aliphatic heterocycles. The summed E-state index contributed by atoms with van der Waals surface area (Å²) >= 11 is 0. The first-order valence-electron chi connectivity index (χ1n) is 11.0. The molecule has 0 aromatic rings. The predicted octanol–water partition coefficient (Wildman–Crippen LogP) is 6.91. The quantitative estimate of drug-likeness (QED) is 0.418. The van der Waals surface area contributed by atoms with Gasteiger partial charge in [-0.3, -0.25) is 4.79 Å². The molecule has 0 aromatic heterocycles. The van der Waals surface area contributed by atoms with Crippen molar-refractivity contribution in [3.05, 3.63) is 0 Å². The molecule has 0 aliphatic carbocycles. The summed E-state index contributed by atoms with van der Waals surface area (Å²) in [5, 5.41) is 0.180. The topological polar surface area (TPSA) is 47.6 Å². The van der Waals surface area contributed by atoms with Gasteiger partial charge in [0.25, 0.3) is 8.32 Å². The van der Waals surface area contributed by atoms with Crippen molar-refractivity contribution in [2.45, 2.75) is 136 Å². The summed E-state index contributed by atoms with van der Waals surface area (Å²) in [5.74, 6) is -0.146. The third-order valence-corrected chi connectivity index (χ3v) is 21.2. The van der Waals surface area contributed by atoms with Crippen molar-refractivity contribution in [3.63, 3.8) is 0 Å². The van der Waals surface area contributed by atoms with Gasteiger partial charge in [-0.05, 0) is 48.2 Å². The molecule has 0 aromatic carbocycles. The summed E-state index contributed by atoms with van der Waals surface area (Å²) < 4.78 is 12.9. The van der Waals surface area contributed by atoms with Gasteiger partial charge in [0, 0.05) is 0 Å². The highest BCUT2D eigenvalue weighted by atomic mass is 28.4. The molecule has 2 atom stereocenters. The van der Waals surface area contributed by atoms with Crippen LogP contribution < -0.4 is 4.98 Å². The summed E-state index contributed by atoms with van der Waals surface area (Å²) in [4.78, 5) is 17.3. The fraction of sp³-hybridized carbons (Fsp3) is 0.955. The van der Waals surface area contributed by atoms with Crippen LogP contribution >= 0.6 is 0 Å². The summed E-state index contributed by atoms with van der Waals surface area (Å²) in [6.07, 6.45) is -0.234. The van der Waals surface area contributed by atoms with Crippen LogP contribution in [0.5, 0.6) is 0 Å². The number of hydrogen-bond acceptors (Lipinski definition) is 4. The van der Waals surface area contributed by atoms with Crippen molar-refractivity contribution < 1.29 is 13.6 Å². The highest BCUT2D eigenvalue weighted by molar-refractivity contribution is 6.78. The van der Waals surface area contributed by atoms with Gasteiger partial charge in [-0.15, -0.1) is 0 Å². The van der Waals surface area contributed by atoms with Crippen molar-refractivity contribution in [1.82, 2.24) is 4.98 Å². The molecule has 4 nitrogen and oxygen atoms in total. The minimum Gasteiger partial charge on any atom is -0.518 e. The zero-order valence-electron chi connectivity index (χ0n) is 22.4. The molecule has 0 amide bonds. The molecule has 1 N–H and O–H groups in total. The first-order valence-corrected chi connectivity index (χ1v) is 19.9. The van der Waals surface area contributed by atoms with E-state index in [1.165, 1.54) is 0 Å². The number of rotatable bonds is 7. The second kappa shape index (κ2) is 8.88. The molecule has 0 saturated carbocycles. The van der Waals surface area contributed by atoms with Crippen LogP contribution in [0.1, 0.15) is 69.2 Å². The van der Waals surface area contributed by atoms with E-state index in [0.717, 1.165) is 0 Å². The maximum absolute atomic E-state index is 13.5. The smallest absolute Gasteiger partial charge is 0.311 e. The van der Waals surface area contributed by atoms with E-state index in [-0.39, 0.29) is 27.2 Å². The molecule has 0 fully saturated rings. The standard InChI is InChI=1S/C22H51NO3Si3/c1-17(25-28(13,14)21(5,6)7)18(23-27(11,12)20(2,3)4)19(24)26-29(15,16)22(8,9)10/h17-18,23H,1-16H3/t17?,18-/m0/s1. The Bertz CT molecular complexity index is 567. The fourth-order valence-electron chi connectivity index (χ4n) is 2.15. The molecule has 0 bridgehead atoms. The summed E-state index contributed by atoms with van der Waals surface area (Å²) in [6.45, 7) is 35.3. The molecule has 0 heterocycles. The predicted molar refractivity (Wildman–Crippen MR) is 135 cm³/mol. The Morgan fingerprint density at radius 1 is 0.724 bits per heavy atom. The van der Waals surface area contributed by atoms with Crippen LogP contribution in [-0.4, -0.2) is 43.0 Å². The summed E-state index contributed by atoms with van der Waals surface area (Å²) in [7, 11) is -6.16. The lowest BCUT2D eigenvalue weighted by molar-refractivity contribution is -0.139. The van der Waals surface area contributed by atoms with Gasteiger partial charge in [-0.25, -0.2) is 0 Å². The number of carbonyl (C=O) groups is 1. The Morgan fingerprint density at radius 3 is 1.41 bits per heavy atom. The Morgan fingerprint density at radius 2 is 1.10 bits per heavy atom. The molecular weight excluding hydrogens is 411 g/mol. The van der Waals surface area contributed by atoms with Crippen LogP contribution in [0, 0.1) is 0 Å². The maximum Gasteiger partial charge on any atom is 0.311 e. The number of hydrogen-bond donors (Lipinski definition) is 1. The van der Waals surface area contributed by atoms with E-state index in [4.69, 9.17) is 8.85 Å². The number of nitrogens with one attached hydrogen (secondary N) is 1. The van der Waals surface area contributed by atoms with Crippen molar-refractivity contribution in [2.75, 3.05) is 0 Å². The molecule has 0 saturated heterocycles. The largest absolute Gasteiger partial charge is 0.518 e. The Labute approximate surface area is 185 Å².